The Hall–Kier alpha value is -0.620. The Kier molecular flexibility index (Phi) is 4.69. The molecule has 0 unspecified atom stereocenters. The predicted octanol–water partition coefficient (Wildman–Crippen LogP) is 2.79. The first-order valence-corrected chi connectivity index (χ1v) is 8.93. The van der Waals surface area contributed by atoms with Gasteiger partial charge in [0.05, 0.1) is 4.90 Å². The van der Waals surface area contributed by atoms with Crippen LogP contribution in [0.3, 0.4) is 0 Å². The summed E-state index contributed by atoms with van der Waals surface area (Å²) in [4.78, 5) is 0.331. The predicted molar refractivity (Wildman–Crippen MR) is 86.1 cm³/mol. The normalized spacial score (nSPS) is 19.1. The van der Waals surface area contributed by atoms with Gasteiger partial charge in [0, 0.05) is 24.7 Å². The van der Waals surface area contributed by atoms with E-state index in [0.29, 0.717) is 29.6 Å². The highest BCUT2D eigenvalue weighted by Gasteiger charge is 2.37. The minimum atomic E-state index is -3.48. The average Bonchev–Trinajstić information content (AvgIpc) is 2.74. The van der Waals surface area contributed by atoms with Crippen LogP contribution < -0.4 is 5.32 Å². The molecule has 0 atom stereocenters. The fourth-order valence-corrected chi connectivity index (χ4v) is 4.99. The lowest BCUT2D eigenvalue weighted by molar-refractivity contribution is 0.375. The van der Waals surface area contributed by atoms with E-state index in [-0.39, 0.29) is 5.41 Å². The quantitative estimate of drug-likeness (QED) is 0.923. The smallest absolute Gasteiger partial charge is 0.243 e. The lowest BCUT2D eigenvalue weighted by Gasteiger charge is -2.21. The molecule has 1 aromatic carbocycles. The van der Waals surface area contributed by atoms with Gasteiger partial charge >= 0.3 is 0 Å². The highest BCUT2D eigenvalue weighted by Crippen LogP contribution is 2.34. The van der Waals surface area contributed by atoms with Crippen molar-refractivity contribution < 1.29 is 8.42 Å². The molecular formula is C15H23ClN2O2S. The summed E-state index contributed by atoms with van der Waals surface area (Å²) < 4.78 is 27.4. The van der Waals surface area contributed by atoms with E-state index in [2.05, 4.69) is 19.2 Å². The topological polar surface area (TPSA) is 49.4 Å². The number of nitrogens with zero attached hydrogens (tertiary/aromatic N) is 1. The van der Waals surface area contributed by atoms with Crippen molar-refractivity contribution in [3.05, 3.63) is 28.3 Å². The van der Waals surface area contributed by atoms with Crippen molar-refractivity contribution in [2.75, 3.05) is 20.1 Å². The van der Waals surface area contributed by atoms with Gasteiger partial charge in [-0.25, -0.2) is 8.42 Å². The number of hydrogen-bond acceptors (Lipinski definition) is 3. The van der Waals surface area contributed by atoms with Crippen LogP contribution >= 0.6 is 11.6 Å². The molecule has 1 aromatic rings. The van der Waals surface area contributed by atoms with Gasteiger partial charge in [0.25, 0.3) is 0 Å². The third-order valence-corrected chi connectivity index (χ3v) is 6.25. The molecule has 0 amide bonds. The van der Waals surface area contributed by atoms with Gasteiger partial charge in [0.2, 0.25) is 10.0 Å². The van der Waals surface area contributed by atoms with Crippen LogP contribution in [0.25, 0.3) is 0 Å². The van der Waals surface area contributed by atoms with Crippen LogP contribution in [0.4, 0.5) is 0 Å². The highest BCUT2D eigenvalue weighted by molar-refractivity contribution is 7.89. The molecular weight excluding hydrogens is 308 g/mol. The van der Waals surface area contributed by atoms with Crippen LogP contribution in [-0.2, 0) is 16.6 Å². The van der Waals surface area contributed by atoms with Gasteiger partial charge in [-0.1, -0.05) is 25.4 Å². The zero-order valence-corrected chi connectivity index (χ0v) is 14.6. The number of rotatable bonds is 4. The maximum absolute atomic E-state index is 12.9. The molecule has 6 heteroatoms. The molecule has 0 saturated carbocycles. The second-order valence-electron chi connectivity index (χ2n) is 6.47. The number of hydrogen-bond donors (Lipinski definition) is 1. The van der Waals surface area contributed by atoms with Crippen molar-refractivity contribution in [1.82, 2.24) is 9.62 Å². The summed E-state index contributed by atoms with van der Waals surface area (Å²) in [6, 6.07) is 3.39. The van der Waals surface area contributed by atoms with E-state index in [1.165, 1.54) is 0 Å². The average molecular weight is 331 g/mol. The van der Waals surface area contributed by atoms with Crippen LogP contribution in [0.2, 0.25) is 5.02 Å². The van der Waals surface area contributed by atoms with E-state index in [1.54, 1.807) is 10.4 Å². The van der Waals surface area contributed by atoms with Crippen molar-refractivity contribution in [3.63, 3.8) is 0 Å². The van der Waals surface area contributed by atoms with Crippen molar-refractivity contribution in [3.8, 4) is 0 Å². The van der Waals surface area contributed by atoms with Gasteiger partial charge in [-0.2, -0.15) is 4.31 Å². The van der Waals surface area contributed by atoms with Crippen LogP contribution in [0.15, 0.2) is 17.0 Å². The van der Waals surface area contributed by atoms with Crippen LogP contribution in [0, 0.1) is 12.3 Å². The molecule has 0 aromatic heterocycles. The Morgan fingerprint density at radius 3 is 2.57 bits per heavy atom. The Morgan fingerprint density at radius 2 is 2.05 bits per heavy atom. The van der Waals surface area contributed by atoms with Gasteiger partial charge < -0.3 is 5.32 Å². The van der Waals surface area contributed by atoms with Crippen molar-refractivity contribution >= 4 is 21.6 Å². The Balaban J connectivity index is 2.45. The summed E-state index contributed by atoms with van der Waals surface area (Å²) in [6.07, 6.45) is 0.884. The second kappa shape index (κ2) is 5.88. The molecule has 21 heavy (non-hydrogen) atoms. The molecule has 0 spiro atoms. The summed E-state index contributed by atoms with van der Waals surface area (Å²) in [5, 5.41) is 3.51. The summed E-state index contributed by atoms with van der Waals surface area (Å²) >= 11 is 6.12. The first kappa shape index (κ1) is 16.7. The van der Waals surface area contributed by atoms with E-state index < -0.39 is 10.0 Å². The fourth-order valence-electron chi connectivity index (χ4n) is 2.76. The second-order valence-corrected chi connectivity index (χ2v) is 8.81. The number of sulfonamides is 1. The van der Waals surface area contributed by atoms with Crippen molar-refractivity contribution in [2.24, 2.45) is 5.41 Å². The lowest BCUT2D eigenvalue weighted by atomic mass is 9.93. The molecule has 1 aliphatic rings. The first-order chi connectivity index (χ1) is 9.67. The third-order valence-electron chi connectivity index (χ3n) is 4.06. The van der Waals surface area contributed by atoms with E-state index in [9.17, 15) is 8.42 Å². The largest absolute Gasteiger partial charge is 0.316 e. The minimum absolute atomic E-state index is 0.0351. The number of halogens is 1. The van der Waals surface area contributed by atoms with Gasteiger partial charge in [-0.05, 0) is 49.1 Å². The van der Waals surface area contributed by atoms with Crippen molar-refractivity contribution in [2.45, 2.75) is 38.6 Å². The summed E-state index contributed by atoms with van der Waals surface area (Å²) in [5.74, 6) is 0. The standard InChI is InChI=1S/C15H23ClN2O2S/c1-11-12(9-17-4)7-13(16)8-14(11)21(19,20)18-6-5-15(2,3)10-18/h7-8,17H,5-6,9-10H2,1-4H3. The molecule has 0 bridgehead atoms. The lowest BCUT2D eigenvalue weighted by Crippen LogP contribution is -2.31. The molecule has 1 fully saturated rings. The molecule has 1 heterocycles. The Morgan fingerprint density at radius 1 is 1.38 bits per heavy atom. The minimum Gasteiger partial charge on any atom is -0.316 e. The maximum atomic E-state index is 12.9. The van der Waals surface area contributed by atoms with Crippen LogP contribution in [0.5, 0.6) is 0 Å². The Bertz CT molecular complexity index is 641. The molecule has 1 saturated heterocycles. The van der Waals surface area contributed by atoms with Crippen LogP contribution in [0.1, 0.15) is 31.4 Å². The van der Waals surface area contributed by atoms with E-state index in [4.69, 9.17) is 11.6 Å². The number of benzene rings is 1. The maximum Gasteiger partial charge on any atom is 0.243 e. The molecule has 2 rings (SSSR count). The molecule has 4 nitrogen and oxygen atoms in total. The molecule has 1 aliphatic heterocycles. The Labute approximate surface area is 132 Å². The van der Waals surface area contributed by atoms with Crippen molar-refractivity contribution in [1.29, 1.82) is 0 Å². The SMILES string of the molecule is CNCc1cc(Cl)cc(S(=O)(=O)N2CCC(C)(C)C2)c1C. The van der Waals surface area contributed by atoms with Crippen LogP contribution in [-0.4, -0.2) is 32.9 Å². The van der Waals surface area contributed by atoms with Gasteiger partial charge in [0.15, 0.2) is 0 Å². The zero-order valence-electron chi connectivity index (χ0n) is 13.0. The summed E-state index contributed by atoms with van der Waals surface area (Å²) in [7, 11) is -1.65. The number of nitrogens with one attached hydrogen (secondary N) is 1. The van der Waals surface area contributed by atoms with E-state index in [0.717, 1.165) is 17.5 Å². The van der Waals surface area contributed by atoms with Gasteiger partial charge in [-0.15, -0.1) is 0 Å². The fraction of sp³-hybridized carbons (Fsp3) is 0.600. The molecule has 118 valence electrons. The molecule has 0 aliphatic carbocycles. The zero-order chi connectivity index (χ0) is 15.8. The third kappa shape index (κ3) is 3.42. The monoisotopic (exact) mass is 330 g/mol. The van der Waals surface area contributed by atoms with E-state index >= 15 is 0 Å². The van der Waals surface area contributed by atoms with Gasteiger partial charge in [-0.3, -0.25) is 0 Å². The molecule has 0 radical (unpaired) electrons. The first-order valence-electron chi connectivity index (χ1n) is 7.11. The van der Waals surface area contributed by atoms with Gasteiger partial charge in [0.1, 0.15) is 0 Å². The van der Waals surface area contributed by atoms with E-state index in [1.807, 2.05) is 20.0 Å². The summed E-state index contributed by atoms with van der Waals surface area (Å²) in [5.41, 5.74) is 1.73. The molecule has 1 N–H and O–H groups in total. The summed E-state index contributed by atoms with van der Waals surface area (Å²) in [6.45, 7) is 7.77. The highest BCUT2D eigenvalue weighted by atomic mass is 35.5.